The SMILES string of the molecule is CC(C)(C)[Si](C)(C)O[C@@H]1[C@@H](O)[C@H](N=[N+]=[N-])O[C@@H]2COC(c3ccccc3)O[C@@H]12. The zero-order valence-electron chi connectivity index (χ0n) is 17.0. The van der Waals surface area contributed by atoms with Gasteiger partial charge in [-0.15, -0.1) is 0 Å². The molecule has 1 unspecified atom stereocenters. The molecule has 0 aliphatic carbocycles. The second-order valence-corrected chi connectivity index (χ2v) is 13.5. The van der Waals surface area contributed by atoms with Crippen molar-refractivity contribution in [1.29, 1.82) is 0 Å². The normalized spacial score (nSPS) is 33.6. The van der Waals surface area contributed by atoms with Crippen molar-refractivity contribution in [3.63, 3.8) is 0 Å². The van der Waals surface area contributed by atoms with Crippen LogP contribution in [0.25, 0.3) is 10.4 Å². The zero-order valence-corrected chi connectivity index (χ0v) is 18.0. The van der Waals surface area contributed by atoms with Crippen LogP contribution in [0.3, 0.4) is 0 Å². The Morgan fingerprint density at radius 3 is 2.50 bits per heavy atom. The third-order valence-corrected chi connectivity index (χ3v) is 10.3. The van der Waals surface area contributed by atoms with Crippen molar-refractivity contribution in [1.82, 2.24) is 0 Å². The van der Waals surface area contributed by atoms with Gasteiger partial charge in [-0.1, -0.05) is 56.2 Å². The number of azide groups is 1. The Labute approximate surface area is 166 Å². The first-order valence-corrected chi connectivity index (χ1v) is 12.4. The van der Waals surface area contributed by atoms with E-state index in [-0.39, 0.29) is 11.6 Å². The minimum absolute atomic E-state index is 0.0570. The molecule has 1 aromatic rings. The van der Waals surface area contributed by atoms with Crippen LogP contribution in [-0.2, 0) is 18.6 Å². The highest BCUT2D eigenvalue weighted by atomic mass is 28.4. The summed E-state index contributed by atoms with van der Waals surface area (Å²) in [7, 11) is -2.24. The maximum Gasteiger partial charge on any atom is 0.192 e. The van der Waals surface area contributed by atoms with Gasteiger partial charge in [-0.3, -0.25) is 0 Å². The van der Waals surface area contributed by atoms with Gasteiger partial charge in [0.1, 0.15) is 24.4 Å². The molecule has 28 heavy (non-hydrogen) atoms. The van der Waals surface area contributed by atoms with Gasteiger partial charge in [-0.2, -0.15) is 0 Å². The van der Waals surface area contributed by atoms with E-state index in [2.05, 4.69) is 43.9 Å². The lowest BCUT2D eigenvalue weighted by molar-refractivity contribution is -0.325. The van der Waals surface area contributed by atoms with Crippen LogP contribution in [0.1, 0.15) is 32.6 Å². The summed E-state index contributed by atoms with van der Waals surface area (Å²) in [6.07, 6.45) is -4.44. The number of rotatable bonds is 4. The molecule has 0 saturated carbocycles. The van der Waals surface area contributed by atoms with Crippen molar-refractivity contribution in [3.05, 3.63) is 46.3 Å². The van der Waals surface area contributed by atoms with Crippen LogP contribution in [-0.4, -0.2) is 50.7 Å². The lowest BCUT2D eigenvalue weighted by atomic mass is 9.97. The first-order chi connectivity index (χ1) is 13.1. The molecule has 0 spiro atoms. The summed E-state index contributed by atoms with van der Waals surface area (Å²) in [5.41, 5.74) is 9.73. The average molecular weight is 408 g/mol. The highest BCUT2D eigenvalue weighted by molar-refractivity contribution is 6.74. The molecule has 2 fully saturated rings. The molecule has 8 nitrogen and oxygen atoms in total. The number of fused-ring (bicyclic) bond motifs is 1. The number of benzene rings is 1. The molecule has 6 atom stereocenters. The zero-order chi connectivity index (χ0) is 20.5. The van der Waals surface area contributed by atoms with Crippen molar-refractivity contribution in [3.8, 4) is 0 Å². The quantitative estimate of drug-likeness (QED) is 0.353. The molecule has 0 radical (unpaired) electrons. The largest absolute Gasteiger partial charge is 0.408 e. The molecular formula is C19H29N3O5Si. The summed E-state index contributed by atoms with van der Waals surface area (Å²) >= 11 is 0. The Kier molecular flexibility index (Phi) is 6.16. The predicted octanol–water partition coefficient (Wildman–Crippen LogP) is 3.89. The number of ether oxygens (including phenoxy) is 3. The molecule has 1 N–H and O–H groups in total. The average Bonchev–Trinajstić information content (AvgIpc) is 2.65. The van der Waals surface area contributed by atoms with Gasteiger partial charge < -0.3 is 23.7 Å². The maximum atomic E-state index is 10.9. The molecule has 0 bridgehead atoms. The van der Waals surface area contributed by atoms with E-state index in [0.717, 1.165) is 5.56 Å². The molecule has 2 saturated heterocycles. The second-order valence-electron chi connectivity index (χ2n) is 8.78. The fourth-order valence-electron chi connectivity index (χ4n) is 3.15. The molecule has 9 heteroatoms. The molecule has 0 aromatic heterocycles. The summed E-state index contributed by atoms with van der Waals surface area (Å²) < 4.78 is 24.3. The van der Waals surface area contributed by atoms with Crippen LogP contribution in [0.2, 0.25) is 18.1 Å². The third-order valence-electron chi connectivity index (χ3n) is 5.80. The summed E-state index contributed by atoms with van der Waals surface area (Å²) in [5.74, 6) is 0. The first kappa shape index (κ1) is 21.3. The summed E-state index contributed by atoms with van der Waals surface area (Å²) in [4.78, 5) is 2.80. The molecule has 0 amide bonds. The van der Waals surface area contributed by atoms with E-state index >= 15 is 0 Å². The molecule has 2 aliphatic rings. The van der Waals surface area contributed by atoms with E-state index in [1.165, 1.54) is 0 Å². The molecule has 154 valence electrons. The topological polar surface area (TPSA) is 106 Å². The van der Waals surface area contributed by atoms with E-state index in [9.17, 15) is 5.11 Å². The maximum absolute atomic E-state index is 10.9. The highest BCUT2D eigenvalue weighted by Gasteiger charge is 2.53. The van der Waals surface area contributed by atoms with Crippen LogP contribution in [0, 0.1) is 0 Å². The van der Waals surface area contributed by atoms with Gasteiger partial charge in [0.15, 0.2) is 20.8 Å². The van der Waals surface area contributed by atoms with Crippen LogP contribution >= 0.6 is 0 Å². The van der Waals surface area contributed by atoms with Gasteiger partial charge in [-0.05, 0) is 23.7 Å². The smallest absolute Gasteiger partial charge is 0.192 e. The minimum Gasteiger partial charge on any atom is -0.408 e. The lowest BCUT2D eigenvalue weighted by Crippen LogP contribution is -2.64. The monoisotopic (exact) mass is 407 g/mol. The summed E-state index contributed by atoms with van der Waals surface area (Å²) in [6, 6.07) is 9.62. The summed E-state index contributed by atoms with van der Waals surface area (Å²) in [6.45, 7) is 10.9. The van der Waals surface area contributed by atoms with Gasteiger partial charge in [0.2, 0.25) is 0 Å². The van der Waals surface area contributed by atoms with E-state index in [1.54, 1.807) is 0 Å². The Hall–Kier alpha value is -1.45. The van der Waals surface area contributed by atoms with Crippen molar-refractivity contribution in [2.75, 3.05) is 6.61 Å². The summed E-state index contributed by atoms with van der Waals surface area (Å²) in [5, 5.41) is 14.4. The number of aliphatic hydroxyl groups excluding tert-OH is 1. The van der Waals surface area contributed by atoms with Crippen molar-refractivity contribution >= 4 is 8.32 Å². The van der Waals surface area contributed by atoms with E-state index in [4.69, 9.17) is 24.2 Å². The Morgan fingerprint density at radius 2 is 1.89 bits per heavy atom. The van der Waals surface area contributed by atoms with Crippen LogP contribution in [0.4, 0.5) is 0 Å². The number of aliphatic hydroxyl groups is 1. The second kappa shape index (κ2) is 8.12. The fourth-order valence-corrected chi connectivity index (χ4v) is 4.46. The predicted molar refractivity (Wildman–Crippen MR) is 106 cm³/mol. The molecule has 2 heterocycles. The van der Waals surface area contributed by atoms with E-state index in [0.29, 0.717) is 0 Å². The van der Waals surface area contributed by atoms with Crippen LogP contribution < -0.4 is 0 Å². The molecular weight excluding hydrogens is 378 g/mol. The van der Waals surface area contributed by atoms with E-state index < -0.39 is 45.3 Å². The molecule has 1 aromatic carbocycles. The number of hydrogen-bond acceptors (Lipinski definition) is 6. The van der Waals surface area contributed by atoms with Gasteiger partial charge in [0.05, 0.1) is 6.61 Å². The van der Waals surface area contributed by atoms with Gasteiger partial charge in [0.25, 0.3) is 0 Å². The number of hydrogen-bond donors (Lipinski definition) is 1. The van der Waals surface area contributed by atoms with E-state index in [1.807, 2.05) is 30.3 Å². The standard InChI is InChI=1S/C19H29N3O5Si/c1-19(2,3)28(4,5)27-16-14(23)17(21-22-20)25-13-11-24-18(26-15(13)16)12-9-7-6-8-10-12/h6-10,13-18,23H,11H2,1-5H3/t13-,14-,15-,16-,17-,18?/m1/s1. The first-order valence-electron chi connectivity index (χ1n) is 9.51. The van der Waals surface area contributed by atoms with Crippen molar-refractivity contribution in [2.45, 2.75) is 75.8 Å². The highest BCUT2D eigenvalue weighted by Crippen LogP contribution is 2.42. The van der Waals surface area contributed by atoms with Crippen LogP contribution in [0.15, 0.2) is 35.4 Å². The molecule has 2 aliphatic heterocycles. The van der Waals surface area contributed by atoms with Crippen molar-refractivity contribution < 1.29 is 23.7 Å². The Bertz CT molecular complexity index is 720. The Balaban J connectivity index is 1.88. The number of nitrogens with zero attached hydrogens (tertiary/aromatic N) is 3. The molecule has 3 rings (SSSR count). The van der Waals surface area contributed by atoms with Crippen molar-refractivity contribution in [2.24, 2.45) is 5.11 Å². The fraction of sp³-hybridized carbons (Fsp3) is 0.684. The Morgan fingerprint density at radius 1 is 1.21 bits per heavy atom. The lowest BCUT2D eigenvalue weighted by Gasteiger charge is -2.50. The minimum atomic E-state index is -2.24. The van der Waals surface area contributed by atoms with Gasteiger partial charge in [-0.25, -0.2) is 0 Å². The third kappa shape index (κ3) is 4.26. The van der Waals surface area contributed by atoms with Gasteiger partial charge >= 0.3 is 0 Å². The van der Waals surface area contributed by atoms with Gasteiger partial charge in [0, 0.05) is 10.5 Å². The van der Waals surface area contributed by atoms with Crippen LogP contribution in [0.5, 0.6) is 0 Å².